The average molecular weight is 422 g/mol. The molecule has 1 heterocycles. The number of rotatable bonds is 9. The van der Waals surface area contributed by atoms with E-state index in [4.69, 9.17) is 13.9 Å². The number of benzene rings is 2. The van der Waals surface area contributed by atoms with Crippen molar-refractivity contribution in [3.8, 4) is 5.75 Å². The van der Waals surface area contributed by atoms with Crippen LogP contribution < -0.4 is 15.4 Å². The van der Waals surface area contributed by atoms with E-state index >= 15 is 0 Å². The second-order valence-corrected chi connectivity index (χ2v) is 6.40. The Balaban J connectivity index is 1.44. The van der Waals surface area contributed by atoms with E-state index in [-0.39, 0.29) is 25.5 Å². The standard InChI is InChI=1S/C23H22N2O6/c1-2-29-23(28)16-8-10-17(11-9-16)25-21(26)14-24-22(27)20-13-12-19(31-20)15-30-18-6-4-3-5-7-18/h3-13H,2,14-15H2,1H3,(H,24,27)(H,25,26). The molecule has 0 bridgehead atoms. The van der Waals surface area contributed by atoms with Crippen LogP contribution in [0, 0.1) is 0 Å². The first-order chi connectivity index (χ1) is 15.0. The Morgan fingerprint density at radius 2 is 1.68 bits per heavy atom. The summed E-state index contributed by atoms with van der Waals surface area (Å²) in [5.41, 5.74) is 0.878. The quantitative estimate of drug-likeness (QED) is 0.512. The SMILES string of the molecule is CCOC(=O)c1ccc(NC(=O)CNC(=O)c2ccc(COc3ccccc3)o2)cc1. The molecule has 2 aromatic carbocycles. The highest BCUT2D eigenvalue weighted by Crippen LogP contribution is 2.14. The number of nitrogens with one attached hydrogen (secondary N) is 2. The van der Waals surface area contributed by atoms with E-state index in [0.717, 1.165) is 0 Å². The molecule has 0 unspecified atom stereocenters. The van der Waals surface area contributed by atoms with Crippen LogP contribution in [-0.4, -0.2) is 30.9 Å². The number of carbonyl (C=O) groups is 3. The predicted octanol–water partition coefficient (Wildman–Crippen LogP) is 3.40. The van der Waals surface area contributed by atoms with Gasteiger partial charge in [-0.3, -0.25) is 9.59 Å². The molecule has 0 aliphatic heterocycles. The Morgan fingerprint density at radius 3 is 2.39 bits per heavy atom. The zero-order valence-corrected chi connectivity index (χ0v) is 16.9. The Hall–Kier alpha value is -4.07. The third kappa shape index (κ3) is 6.46. The van der Waals surface area contributed by atoms with E-state index in [2.05, 4.69) is 10.6 Å². The fraction of sp³-hybridized carbons (Fsp3) is 0.174. The van der Waals surface area contributed by atoms with Gasteiger partial charge in [-0.2, -0.15) is 0 Å². The van der Waals surface area contributed by atoms with Gasteiger partial charge in [0.05, 0.1) is 18.7 Å². The molecule has 0 saturated carbocycles. The van der Waals surface area contributed by atoms with Crippen LogP contribution in [0.3, 0.4) is 0 Å². The van der Waals surface area contributed by atoms with Gasteiger partial charge in [0, 0.05) is 5.69 Å². The molecule has 0 radical (unpaired) electrons. The lowest BCUT2D eigenvalue weighted by atomic mass is 10.2. The van der Waals surface area contributed by atoms with E-state index in [0.29, 0.717) is 22.8 Å². The van der Waals surface area contributed by atoms with Crippen LogP contribution in [-0.2, 0) is 16.1 Å². The summed E-state index contributed by atoms with van der Waals surface area (Å²) in [5.74, 6) is -0.106. The van der Waals surface area contributed by atoms with Crippen molar-refractivity contribution in [2.45, 2.75) is 13.5 Å². The minimum Gasteiger partial charge on any atom is -0.486 e. The highest BCUT2D eigenvalue weighted by Gasteiger charge is 2.13. The van der Waals surface area contributed by atoms with Gasteiger partial charge >= 0.3 is 5.97 Å². The number of carbonyl (C=O) groups excluding carboxylic acids is 3. The maximum atomic E-state index is 12.2. The second-order valence-electron chi connectivity index (χ2n) is 6.40. The smallest absolute Gasteiger partial charge is 0.338 e. The molecule has 1 aromatic heterocycles. The van der Waals surface area contributed by atoms with Gasteiger partial charge in [-0.05, 0) is 55.5 Å². The fourth-order valence-corrected chi connectivity index (χ4v) is 2.61. The predicted molar refractivity (Wildman–Crippen MR) is 113 cm³/mol. The molecule has 0 aliphatic carbocycles. The summed E-state index contributed by atoms with van der Waals surface area (Å²) in [4.78, 5) is 35.9. The molecule has 0 saturated heterocycles. The van der Waals surface area contributed by atoms with Crippen molar-refractivity contribution >= 4 is 23.5 Å². The summed E-state index contributed by atoms with van der Waals surface area (Å²) >= 11 is 0. The maximum Gasteiger partial charge on any atom is 0.338 e. The van der Waals surface area contributed by atoms with Gasteiger partial charge in [-0.25, -0.2) is 4.79 Å². The van der Waals surface area contributed by atoms with Gasteiger partial charge in [-0.15, -0.1) is 0 Å². The summed E-state index contributed by atoms with van der Waals surface area (Å²) < 4.78 is 15.9. The lowest BCUT2D eigenvalue weighted by Gasteiger charge is -2.07. The molecule has 0 atom stereocenters. The zero-order valence-electron chi connectivity index (χ0n) is 16.9. The molecule has 0 spiro atoms. The van der Waals surface area contributed by atoms with E-state index in [1.165, 1.54) is 6.07 Å². The highest BCUT2D eigenvalue weighted by molar-refractivity contribution is 5.98. The summed E-state index contributed by atoms with van der Waals surface area (Å²) in [6.07, 6.45) is 0. The number of hydrogen-bond donors (Lipinski definition) is 2. The van der Waals surface area contributed by atoms with Crippen LogP contribution >= 0.6 is 0 Å². The van der Waals surface area contributed by atoms with E-state index in [1.807, 2.05) is 30.3 Å². The number of esters is 1. The molecule has 3 rings (SSSR count). The van der Waals surface area contributed by atoms with Crippen molar-refractivity contribution < 1.29 is 28.3 Å². The summed E-state index contributed by atoms with van der Waals surface area (Å²) in [6.45, 7) is 1.95. The first-order valence-corrected chi connectivity index (χ1v) is 9.67. The van der Waals surface area contributed by atoms with Crippen molar-refractivity contribution in [3.05, 3.63) is 83.8 Å². The topological polar surface area (TPSA) is 107 Å². The average Bonchev–Trinajstić information content (AvgIpc) is 3.27. The van der Waals surface area contributed by atoms with Crippen molar-refractivity contribution in [2.24, 2.45) is 0 Å². The second kappa shape index (κ2) is 10.6. The minimum atomic E-state index is -0.515. The zero-order chi connectivity index (χ0) is 22.1. The molecule has 8 nitrogen and oxygen atoms in total. The Labute approximate surface area is 179 Å². The number of para-hydroxylation sites is 1. The number of anilines is 1. The van der Waals surface area contributed by atoms with Gasteiger partial charge in [0.1, 0.15) is 18.1 Å². The van der Waals surface area contributed by atoms with E-state index < -0.39 is 17.8 Å². The summed E-state index contributed by atoms with van der Waals surface area (Å²) in [5, 5.41) is 5.13. The summed E-state index contributed by atoms with van der Waals surface area (Å²) in [6, 6.07) is 18.7. The molecular formula is C23H22N2O6. The van der Waals surface area contributed by atoms with Crippen LogP contribution in [0.25, 0.3) is 0 Å². The van der Waals surface area contributed by atoms with Crippen LogP contribution in [0.1, 0.15) is 33.6 Å². The normalized spacial score (nSPS) is 10.2. The van der Waals surface area contributed by atoms with Crippen LogP contribution in [0.5, 0.6) is 5.75 Å². The van der Waals surface area contributed by atoms with Crippen molar-refractivity contribution in [1.29, 1.82) is 0 Å². The first kappa shape index (κ1) is 21.6. The third-order valence-corrected chi connectivity index (χ3v) is 4.10. The van der Waals surface area contributed by atoms with E-state index in [1.54, 1.807) is 37.3 Å². The maximum absolute atomic E-state index is 12.2. The van der Waals surface area contributed by atoms with Crippen molar-refractivity contribution in [2.75, 3.05) is 18.5 Å². The lowest BCUT2D eigenvalue weighted by Crippen LogP contribution is -2.32. The van der Waals surface area contributed by atoms with Gasteiger partial charge in [0.2, 0.25) is 5.91 Å². The van der Waals surface area contributed by atoms with Gasteiger partial charge in [-0.1, -0.05) is 18.2 Å². The van der Waals surface area contributed by atoms with Crippen LogP contribution in [0.15, 0.2) is 71.1 Å². The van der Waals surface area contributed by atoms with Gasteiger partial charge in [0.15, 0.2) is 5.76 Å². The molecule has 0 aliphatic rings. The van der Waals surface area contributed by atoms with Crippen LogP contribution in [0.4, 0.5) is 5.69 Å². The Kier molecular flexibility index (Phi) is 7.42. The van der Waals surface area contributed by atoms with Crippen molar-refractivity contribution in [1.82, 2.24) is 5.32 Å². The largest absolute Gasteiger partial charge is 0.486 e. The minimum absolute atomic E-state index is 0.0817. The molecular weight excluding hydrogens is 400 g/mol. The molecule has 2 N–H and O–H groups in total. The first-order valence-electron chi connectivity index (χ1n) is 9.67. The van der Waals surface area contributed by atoms with Gasteiger partial charge in [0.25, 0.3) is 5.91 Å². The van der Waals surface area contributed by atoms with E-state index in [9.17, 15) is 14.4 Å². The Morgan fingerprint density at radius 1 is 0.935 bits per heavy atom. The highest BCUT2D eigenvalue weighted by atomic mass is 16.5. The number of amides is 2. The molecule has 8 heteroatoms. The fourth-order valence-electron chi connectivity index (χ4n) is 2.61. The number of ether oxygens (including phenoxy) is 2. The summed E-state index contributed by atoms with van der Waals surface area (Å²) in [7, 11) is 0. The number of hydrogen-bond acceptors (Lipinski definition) is 6. The molecule has 0 fully saturated rings. The number of furan rings is 1. The molecule has 2 amide bonds. The lowest BCUT2D eigenvalue weighted by molar-refractivity contribution is -0.115. The van der Waals surface area contributed by atoms with Crippen molar-refractivity contribution in [3.63, 3.8) is 0 Å². The monoisotopic (exact) mass is 422 g/mol. The Bertz CT molecular complexity index is 1030. The molecule has 3 aromatic rings. The third-order valence-electron chi connectivity index (χ3n) is 4.10. The molecule has 160 valence electrons. The molecule has 31 heavy (non-hydrogen) atoms. The van der Waals surface area contributed by atoms with Crippen LogP contribution in [0.2, 0.25) is 0 Å². The van der Waals surface area contributed by atoms with Gasteiger partial charge < -0.3 is 24.5 Å².